The Kier molecular flexibility index (Phi) is 13.8. The van der Waals surface area contributed by atoms with E-state index in [1.807, 2.05) is 44.2 Å². The van der Waals surface area contributed by atoms with E-state index in [0.29, 0.717) is 50.5 Å². The SMILES string of the molecule is Cc1cc(O)cc(C)c1CC(NC(=O)C(N)CCCNC(=N)N)C(=O)NC(CCCCN)c1nc(CCc2ccccc2)no1. The molecule has 0 saturated carbocycles. The summed E-state index contributed by atoms with van der Waals surface area (Å²) >= 11 is 0. The summed E-state index contributed by atoms with van der Waals surface area (Å²) in [6.45, 7) is 4.59. The van der Waals surface area contributed by atoms with Crippen LogP contribution in [0.4, 0.5) is 0 Å². The molecule has 0 spiro atoms. The van der Waals surface area contributed by atoms with E-state index in [9.17, 15) is 14.7 Å². The van der Waals surface area contributed by atoms with Crippen LogP contribution in [0.3, 0.4) is 0 Å². The zero-order chi connectivity index (χ0) is 32.8. The van der Waals surface area contributed by atoms with Gasteiger partial charge in [-0.2, -0.15) is 4.98 Å². The van der Waals surface area contributed by atoms with Gasteiger partial charge in [0.15, 0.2) is 11.8 Å². The van der Waals surface area contributed by atoms with Crippen LogP contribution in [-0.2, 0) is 28.9 Å². The highest BCUT2D eigenvalue weighted by atomic mass is 16.5. The molecular formula is C32H47N9O4. The van der Waals surface area contributed by atoms with E-state index >= 15 is 0 Å². The molecule has 0 fully saturated rings. The fourth-order valence-corrected chi connectivity index (χ4v) is 5.09. The summed E-state index contributed by atoms with van der Waals surface area (Å²) in [4.78, 5) is 31.6. The molecule has 3 atom stereocenters. The molecule has 45 heavy (non-hydrogen) atoms. The molecule has 3 unspecified atom stereocenters. The van der Waals surface area contributed by atoms with Gasteiger partial charge in [0, 0.05) is 19.4 Å². The minimum absolute atomic E-state index is 0.124. The van der Waals surface area contributed by atoms with Crippen LogP contribution in [0.1, 0.15) is 72.1 Å². The van der Waals surface area contributed by atoms with Gasteiger partial charge in [0.1, 0.15) is 17.8 Å². The van der Waals surface area contributed by atoms with Gasteiger partial charge in [-0.1, -0.05) is 35.5 Å². The van der Waals surface area contributed by atoms with Crippen molar-refractivity contribution in [3.05, 3.63) is 76.4 Å². The normalized spacial score (nSPS) is 13.1. The Morgan fingerprint density at radius 3 is 2.38 bits per heavy atom. The molecule has 0 aliphatic carbocycles. The molecule has 0 saturated heterocycles. The fraction of sp³-hybridized carbons (Fsp3) is 0.469. The Bertz CT molecular complexity index is 1370. The number of benzene rings is 2. The standard InChI is InChI=1S/C32H47N9O4/c1-20-17-23(42)18-21(2)24(20)19-27(39-29(43)25(34)11-8-16-37-32(35)36)30(44)38-26(12-6-7-15-33)31-40-28(41-45-31)14-13-22-9-4-3-5-10-22/h3-5,9-10,17-18,25-27,42H,6-8,11-16,19,33-34H2,1-2H3,(H,38,44)(H,39,43)(H4,35,36,37). The molecule has 2 amide bonds. The van der Waals surface area contributed by atoms with Gasteiger partial charge in [-0.05, 0) is 93.3 Å². The van der Waals surface area contributed by atoms with Crippen LogP contribution in [0, 0.1) is 19.3 Å². The van der Waals surface area contributed by atoms with Gasteiger partial charge in [-0.25, -0.2) is 0 Å². The topological polar surface area (TPSA) is 231 Å². The van der Waals surface area contributed by atoms with Crippen molar-refractivity contribution in [1.82, 2.24) is 26.1 Å². The summed E-state index contributed by atoms with van der Waals surface area (Å²) in [6, 6.07) is 10.8. The quantitative estimate of drug-likeness (QED) is 0.0583. The van der Waals surface area contributed by atoms with E-state index in [-0.39, 0.29) is 18.1 Å². The third-order valence-corrected chi connectivity index (χ3v) is 7.59. The lowest BCUT2D eigenvalue weighted by Crippen LogP contribution is -2.53. The first-order valence-electron chi connectivity index (χ1n) is 15.4. The van der Waals surface area contributed by atoms with Crippen LogP contribution in [0.5, 0.6) is 5.75 Å². The maximum absolute atomic E-state index is 13.9. The van der Waals surface area contributed by atoms with Crippen molar-refractivity contribution in [3.63, 3.8) is 0 Å². The predicted molar refractivity (Wildman–Crippen MR) is 172 cm³/mol. The van der Waals surface area contributed by atoms with Crippen molar-refractivity contribution in [3.8, 4) is 5.75 Å². The highest BCUT2D eigenvalue weighted by Crippen LogP contribution is 2.23. The summed E-state index contributed by atoms with van der Waals surface area (Å²) < 4.78 is 5.62. The minimum Gasteiger partial charge on any atom is -0.508 e. The zero-order valence-corrected chi connectivity index (χ0v) is 26.1. The van der Waals surface area contributed by atoms with E-state index in [1.165, 1.54) is 0 Å². The Balaban J connectivity index is 1.78. The van der Waals surface area contributed by atoms with Crippen molar-refractivity contribution < 1.29 is 19.2 Å². The third-order valence-electron chi connectivity index (χ3n) is 7.59. The van der Waals surface area contributed by atoms with E-state index in [1.54, 1.807) is 12.1 Å². The molecule has 13 nitrogen and oxygen atoms in total. The molecule has 1 heterocycles. The van der Waals surface area contributed by atoms with Crippen LogP contribution in [0.2, 0.25) is 0 Å². The first kappa shape index (κ1) is 35.0. The molecule has 0 radical (unpaired) electrons. The second-order valence-corrected chi connectivity index (χ2v) is 11.3. The van der Waals surface area contributed by atoms with Gasteiger partial charge in [-0.3, -0.25) is 15.0 Å². The molecule has 2 aromatic carbocycles. The van der Waals surface area contributed by atoms with Crippen molar-refractivity contribution >= 4 is 17.8 Å². The molecule has 3 aromatic rings. The number of aromatic nitrogens is 2. The van der Waals surface area contributed by atoms with E-state index in [2.05, 4.69) is 26.1 Å². The van der Waals surface area contributed by atoms with E-state index in [4.69, 9.17) is 27.1 Å². The zero-order valence-electron chi connectivity index (χ0n) is 26.1. The highest BCUT2D eigenvalue weighted by molar-refractivity contribution is 5.90. The summed E-state index contributed by atoms with van der Waals surface area (Å²) in [5.41, 5.74) is 20.8. The summed E-state index contributed by atoms with van der Waals surface area (Å²) in [5, 5.41) is 30.0. The number of aryl methyl sites for hydroxylation is 4. The average molecular weight is 622 g/mol. The van der Waals surface area contributed by atoms with Gasteiger partial charge in [0.05, 0.1) is 6.04 Å². The number of amides is 2. The highest BCUT2D eigenvalue weighted by Gasteiger charge is 2.29. The number of hydrogen-bond donors (Lipinski definition) is 8. The second kappa shape index (κ2) is 17.7. The second-order valence-electron chi connectivity index (χ2n) is 11.3. The number of carbonyl (C=O) groups excluding carboxylic acids is 2. The maximum Gasteiger partial charge on any atom is 0.249 e. The maximum atomic E-state index is 13.9. The van der Waals surface area contributed by atoms with Gasteiger partial charge < -0.3 is 42.8 Å². The Morgan fingerprint density at radius 2 is 1.71 bits per heavy atom. The molecule has 3 rings (SSSR count). The first-order valence-corrected chi connectivity index (χ1v) is 15.4. The van der Waals surface area contributed by atoms with Crippen LogP contribution in [-0.4, -0.2) is 58.2 Å². The van der Waals surface area contributed by atoms with Crippen LogP contribution in [0.15, 0.2) is 47.0 Å². The number of unbranched alkanes of at least 4 members (excludes halogenated alkanes) is 1. The number of nitrogens with one attached hydrogen (secondary N) is 4. The monoisotopic (exact) mass is 621 g/mol. The molecule has 0 aliphatic rings. The Hall–Kier alpha value is -4.49. The number of nitrogens with zero attached hydrogens (tertiary/aromatic N) is 2. The molecule has 1 aromatic heterocycles. The number of carbonyl (C=O) groups is 2. The van der Waals surface area contributed by atoms with E-state index < -0.39 is 29.9 Å². The van der Waals surface area contributed by atoms with Crippen molar-refractivity contribution in [1.29, 1.82) is 5.41 Å². The van der Waals surface area contributed by atoms with Crippen molar-refractivity contribution in [2.45, 2.75) is 83.3 Å². The molecule has 0 bridgehead atoms. The number of aromatic hydroxyl groups is 1. The van der Waals surface area contributed by atoms with Crippen molar-refractivity contribution in [2.75, 3.05) is 13.1 Å². The number of guanidine groups is 1. The summed E-state index contributed by atoms with van der Waals surface area (Å²) in [6.07, 6.45) is 4.32. The number of phenolic OH excluding ortho intramolecular Hbond substituents is 1. The first-order chi connectivity index (χ1) is 21.6. The minimum atomic E-state index is -0.974. The molecule has 11 N–H and O–H groups in total. The molecule has 13 heteroatoms. The van der Waals surface area contributed by atoms with E-state index in [0.717, 1.165) is 41.5 Å². The Labute approximate surface area is 264 Å². The smallest absolute Gasteiger partial charge is 0.249 e. The largest absolute Gasteiger partial charge is 0.508 e. The molecular weight excluding hydrogens is 574 g/mol. The third kappa shape index (κ3) is 11.5. The van der Waals surface area contributed by atoms with Gasteiger partial charge >= 0.3 is 0 Å². The molecule has 244 valence electrons. The fourth-order valence-electron chi connectivity index (χ4n) is 5.09. The number of rotatable bonds is 18. The number of nitrogens with two attached hydrogens (primary N) is 3. The molecule has 0 aliphatic heterocycles. The lowest BCUT2D eigenvalue weighted by molar-refractivity contribution is -0.130. The number of phenols is 1. The lowest BCUT2D eigenvalue weighted by atomic mass is 9.95. The summed E-state index contributed by atoms with van der Waals surface area (Å²) in [5.74, 6) is -0.109. The summed E-state index contributed by atoms with van der Waals surface area (Å²) in [7, 11) is 0. The lowest BCUT2D eigenvalue weighted by Gasteiger charge is -2.24. The van der Waals surface area contributed by atoms with Gasteiger partial charge in [-0.15, -0.1) is 0 Å². The van der Waals surface area contributed by atoms with Gasteiger partial charge in [0.25, 0.3) is 0 Å². The Morgan fingerprint density at radius 1 is 1.00 bits per heavy atom. The van der Waals surface area contributed by atoms with Gasteiger partial charge in [0.2, 0.25) is 17.7 Å². The van der Waals surface area contributed by atoms with Crippen LogP contribution < -0.4 is 33.2 Å². The van der Waals surface area contributed by atoms with Crippen LogP contribution in [0.25, 0.3) is 0 Å². The van der Waals surface area contributed by atoms with Crippen molar-refractivity contribution in [2.24, 2.45) is 17.2 Å². The predicted octanol–water partition coefficient (Wildman–Crippen LogP) is 1.78. The average Bonchev–Trinajstić information content (AvgIpc) is 3.48. The van der Waals surface area contributed by atoms with Crippen LogP contribution >= 0.6 is 0 Å². The number of hydrogen-bond acceptors (Lipinski definition) is 9.